The van der Waals surface area contributed by atoms with Crippen LogP contribution in [0.25, 0.3) is 0 Å². The molecular formula is C15H22N2O4. The van der Waals surface area contributed by atoms with Crippen molar-refractivity contribution >= 4 is 17.7 Å². The Morgan fingerprint density at radius 3 is 2.38 bits per heavy atom. The number of rotatable bonds is 7. The van der Waals surface area contributed by atoms with Crippen molar-refractivity contribution in [2.24, 2.45) is 0 Å². The number of ether oxygens (including phenoxy) is 1. The Bertz CT molecular complexity index is 473. The molecule has 0 unspecified atom stereocenters. The summed E-state index contributed by atoms with van der Waals surface area (Å²) in [6, 6.07) is 6.86. The van der Waals surface area contributed by atoms with E-state index in [0.29, 0.717) is 25.3 Å². The van der Waals surface area contributed by atoms with E-state index in [2.05, 4.69) is 0 Å². The standard InChI is InChI=1S/C15H22N2O4/c1-12-5-7-13(8-6-12)17(11-14(18)19)15(20)16(2)9-4-10-21-3/h5-8H,4,9-11H2,1-3H3,(H,18,19). The number of anilines is 1. The molecular weight excluding hydrogens is 272 g/mol. The molecule has 0 aromatic heterocycles. The number of nitrogens with zero attached hydrogens (tertiary/aromatic N) is 2. The molecule has 0 heterocycles. The maximum absolute atomic E-state index is 12.4. The van der Waals surface area contributed by atoms with Gasteiger partial charge in [0.2, 0.25) is 0 Å². The second-order valence-corrected chi connectivity index (χ2v) is 4.87. The molecule has 1 aromatic carbocycles. The molecule has 1 aromatic rings. The Morgan fingerprint density at radius 2 is 1.86 bits per heavy atom. The minimum atomic E-state index is -1.05. The summed E-state index contributed by atoms with van der Waals surface area (Å²) in [5.74, 6) is -1.05. The number of aliphatic carboxylic acids is 1. The number of carbonyl (C=O) groups is 2. The highest BCUT2D eigenvalue weighted by Crippen LogP contribution is 2.16. The minimum absolute atomic E-state index is 0.336. The van der Waals surface area contributed by atoms with Crippen LogP contribution in [0, 0.1) is 6.92 Å². The van der Waals surface area contributed by atoms with E-state index in [9.17, 15) is 9.59 Å². The predicted octanol–water partition coefficient (Wildman–Crippen LogP) is 1.97. The third-order valence-corrected chi connectivity index (χ3v) is 3.04. The van der Waals surface area contributed by atoms with Crippen LogP contribution in [0.5, 0.6) is 0 Å². The first-order valence-electron chi connectivity index (χ1n) is 6.75. The summed E-state index contributed by atoms with van der Waals surface area (Å²) in [5, 5.41) is 9.01. The van der Waals surface area contributed by atoms with Gasteiger partial charge in [-0.05, 0) is 25.5 Å². The average molecular weight is 294 g/mol. The van der Waals surface area contributed by atoms with Crippen molar-refractivity contribution in [1.29, 1.82) is 0 Å². The van der Waals surface area contributed by atoms with Gasteiger partial charge in [0.1, 0.15) is 6.54 Å². The van der Waals surface area contributed by atoms with Crippen LogP contribution in [-0.2, 0) is 9.53 Å². The molecule has 6 nitrogen and oxygen atoms in total. The summed E-state index contributed by atoms with van der Waals surface area (Å²) in [7, 11) is 3.26. The maximum Gasteiger partial charge on any atom is 0.324 e. The first-order chi connectivity index (χ1) is 9.95. The minimum Gasteiger partial charge on any atom is -0.480 e. The van der Waals surface area contributed by atoms with Crippen molar-refractivity contribution in [1.82, 2.24) is 4.90 Å². The Labute approximate surface area is 124 Å². The Kier molecular flexibility index (Phi) is 6.68. The maximum atomic E-state index is 12.4. The lowest BCUT2D eigenvalue weighted by atomic mass is 10.2. The highest BCUT2D eigenvalue weighted by atomic mass is 16.5. The Balaban J connectivity index is 2.83. The summed E-state index contributed by atoms with van der Waals surface area (Å²) in [5.41, 5.74) is 1.63. The second kappa shape index (κ2) is 8.26. The lowest BCUT2D eigenvalue weighted by molar-refractivity contribution is -0.135. The molecule has 0 saturated heterocycles. The number of carbonyl (C=O) groups excluding carboxylic acids is 1. The third kappa shape index (κ3) is 5.43. The monoisotopic (exact) mass is 294 g/mol. The van der Waals surface area contributed by atoms with Gasteiger partial charge in [0.05, 0.1) is 0 Å². The van der Waals surface area contributed by atoms with Crippen LogP contribution >= 0.6 is 0 Å². The highest BCUT2D eigenvalue weighted by Gasteiger charge is 2.21. The van der Waals surface area contributed by atoms with Crippen LogP contribution in [0.3, 0.4) is 0 Å². The van der Waals surface area contributed by atoms with Gasteiger partial charge < -0.3 is 14.7 Å². The number of amides is 2. The summed E-state index contributed by atoms with van der Waals surface area (Å²) in [4.78, 5) is 26.2. The van der Waals surface area contributed by atoms with Crippen molar-refractivity contribution in [2.75, 3.05) is 38.8 Å². The summed E-state index contributed by atoms with van der Waals surface area (Å²) < 4.78 is 4.95. The molecule has 116 valence electrons. The zero-order chi connectivity index (χ0) is 15.8. The van der Waals surface area contributed by atoms with E-state index in [0.717, 1.165) is 5.56 Å². The average Bonchev–Trinajstić information content (AvgIpc) is 2.45. The lowest BCUT2D eigenvalue weighted by Gasteiger charge is -2.27. The fourth-order valence-electron chi connectivity index (χ4n) is 1.88. The van der Waals surface area contributed by atoms with Crippen molar-refractivity contribution in [3.05, 3.63) is 29.8 Å². The van der Waals surface area contributed by atoms with Gasteiger partial charge in [0.25, 0.3) is 0 Å². The Morgan fingerprint density at radius 1 is 1.24 bits per heavy atom. The van der Waals surface area contributed by atoms with E-state index in [-0.39, 0.29) is 12.6 Å². The van der Waals surface area contributed by atoms with Crippen LogP contribution in [-0.4, -0.2) is 55.9 Å². The van der Waals surface area contributed by atoms with Gasteiger partial charge in [0, 0.05) is 33.0 Å². The molecule has 0 aliphatic rings. The van der Waals surface area contributed by atoms with Gasteiger partial charge >= 0.3 is 12.0 Å². The first kappa shape index (κ1) is 17.0. The van der Waals surface area contributed by atoms with Crippen molar-refractivity contribution in [3.8, 4) is 0 Å². The molecule has 6 heteroatoms. The van der Waals surface area contributed by atoms with E-state index >= 15 is 0 Å². The largest absolute Gasteiger partial charge is 0.480 e. The van der Waals surface area contributed by atoms with Crippen LogP contribution < -0.4 is 4.90 Å². The zero-order valence-electron chi connectivity index (χ0n) is 12.7. The smallest absolute Gasteiger partial charge is 0.324 e. The molecule has 0 spiro atoms. The number of carboxylic acids is 1. The lowest BCUT2D eigenvalue weighted by Crippen LogP contribution is -2.44. The SMILES string of the molecule is COCCCN(C)C(=O)N(CC(=O)O)c1ccc(C)cc1. The highest BCUT2D eigenvalue weighted by molar-refractivity contribution is 5.96. The van der Waals surface area contributed by atoms with Gasteiger partial charge in [-0.2, -0.15) is 0 Å². The number of hydrogen-bond acceptors (Lipinski definition) is 3. The van der Waals surface area contributed by atoms with Crippen molar-refractivity contribution < 1.29 is 19.4 Å². The number of benzene rings is 1. The van der Waals surface area contributed by atoms with E-state index in [1.807, 2.05) is 19.1 Å². The Hall–Kier alpha value is -2.08. The molecule has 1 N–H and O–H groups in total. The van der Waals surface area contributed by atoms with Crippen LogP contribution in [0.15, 0.2) is 24.3 Å². The van der Waals surface area contributed by atoms with Gasteiger partial charge in [-0.25, -0.2) is 4.79 Å². The number of hydrogen-bond donors (Lipinski definition) is 1. The molecule has 0 fully saturated rings. The van der Waals surface area contributed by atoms with Gasteiger partial charge in [-0.1, -0.05) is 17.7 Å². The van der Waals surface area contributed by atoms with Gasteiger partial charge in [0.15, 0.2) is 0 Å². The second-order valence-electron chi connectivity index (χ2n) is 4.87. The van der Waals surface area contributed by atoms with E-state index in [1.165, 1.54) is 9.80 Å². The van der Waals surface area contributed by atoms with Gasteiger partial charge in [-0.3, -0.25) is 9.69 Å². The number of urea groups is 1. The quantitative estimate of drug-likeness (QED) is 0.781. The molecule has 0 aliphatic carbocycles. The van der Waals surface area contributed by atoms with Crippen molar-refractivity contribution in [3.63, 3.8) is 0 Å². The number of carboxylic acid groups (broad SMARTS) is 1. The molecule has 0 saturated carbocycles. The van der Waals surface area contributed by atoms with Gasteiger partial charge in [-0.15, -0.1) is 0 Å². The van der Waals surface area contributed by atoms with Crippen LogP contribution in [0.1, 0.15) is 12.0 Å². The molecule has 1 rings (SSSR count). The third-order valence-electron chi connectivity index (χ3n) is 3.04. The first-order valence-corrected chi connectivity index (χ1v) is 6.75. The molecule has 0 bridgehead atoms. The predicted molar refractivity (Wildman–Crippen MR) is 80.7 cm³/mol. The summed E-state index contributed by atoms with van der Waals surface area (Å²) in [6.07, 6.45) is 0.702. The molecule has 0 radical (unpaired) electrons. The molecule has 0 atom stereocenters. The van der Waals surface area contributed by atoms with E-state index in [1.54, 1.807) is 26.3 Å². The van der Waals surface area contributed by atoms with Crippen molar-refractivity contribution in [2.45, 2.75) is 13.3 Å². The molecule has 2 amide bonds. The topological polar surface area (TPSA) is 70.1 Å². The van der Waals surface area contributed by atoms with Crippen LogP contribution in [0.4, 0.5) is 10.5 Å². The van der Waals surface area contributed by atoms with E-state index < -0.39 is 5.97 Å². The number of aryl methyl sites for hydroxylation is 1. The fraction of sp³-hybridized carbons (Fsp3) is 0.467. The van der Waals surface area contributed by atoms with Crippen LogP contribution in [0.2, 0.25) is 0 Å². The van der Waals surface area contributed by atoms with E-state index in [4.69, 9.17) is 9.84 Å². The molecule has 21 heavy (non-hydrogen) atoms. The normalized spacial score (nSPS) is 10.2. The molecule has 0 aliphatic heterocycles. The summed E-state index contributed by atoms with van der Waals surface area (Å²) in [6.45, 7) is 2.64. The fourth-order valence-corrected chi connectivity index (χ4v) is 1.88. The zero-order valence-corrected chi connectivity index (χ0v) is 12.7. The summed E-state index contributed by atoms with van der Waals surface area (Å²) >= 11 is 0. The number of methoxy groups -OCH3 is 1.